The number of nitrogens with zero attached hydrogens (tertiary/aromatic N) is 1. The minimum Gasteiger partial charge on any atom is -0.497 e. The molecule has 0 saturated heterocycles. The summed E-state index contributed by atoms with van der Waals surface area (Å²) >= 11 is 6.36. The van der Waals surface area contributed by atoms with E-state index in [0.29, 0.717) is 24.7 Å². The Bertz CT molecular complexity index is 1510. The lowest BCUT2D eigenvalue weighted by molar-refractivity contribution is 0.0984. The molecule has 3 aromatic carbocycles. The van der Waals surface area contributed by atoms with E-state index in [1.807, 2.05) is 87.5 Å². The van der Waals surface area contributed by atoms with Crippen molar-refractivity contribution >= 4 is 50.6 Å². The number of hydrogen-bond acceptors (Lipinski definition) is 5. The van der Waals surface area contributed by atoms with Gasteiger partial charge in [0.25, 0.3) is 5.91 Å². The Morgan fingerprint density at radius 3 is 2.40 bits per heavy atom. The van der Waals surface area contributed by atoms with Gasteiger partial charge in [0, 0.05) is 54.0 Å². The number of amides is 1. The Labute approximate surface area is 253 Å². The van der Waals surface area contributed by atoms with Crippen molar-refractivity contribution in [3.8, 4) is 5.75 Å². The number of halogens is 1. The van der Waals surface area contributed by atoms with Gasteiger partial charge in [-0.1, -0.05) is 48.6 Å². The van der Waals surface area contributed by atoms with Crippen molar-refractivity contribution in [2.45, 2.75) is 26.7 Å². The number of carbonyl (C=O) groups is 1. The number of alkyl halides is 1. The molecule has 0 fully saturated rings. The number of hydrogen-bond donors (Lipinski definition) is 3. The van der Waals surface area contributed by atoms with E-state index in [-0.39, 0.29) is 18.4 Å². The predicted molar refractivity (Wildman–Crippen MR) is 177 cm³/mol. The highest BCUT2D eigenvalue weighted by molar-refractivity contribution is 6.19. The quantitative estimate of drug-likeness (QED) is 0.146. The lowest BCUT2D eigenvalue weighted by Gasteiger charge is -2.19. The van der Waals surface area contributed by atoms with E-state index in [4.69, 9.17) is 21.1 Å². The van der Waals surface area contributed by atoms with Crippen LogP contribution in [0.4, 0.5) is 11.4 Å². The van der Waals surface area contributed by atoms with Crippen LogP contribution in [-0.4, -0.2) is 62.4 Å². The normalized spacial score (nSPS) is 14.1. The van der Waals surface area contributed by atoms with Crippen molar-refractivity contribution in [2.24, 2.45) is 0 Å². The third kappa shape index (κ3) is 7.73. The molecule has 3 N–H and O–H groups in total. The van der Waals surface area contributed by atoms with Crippen LogP contribution in [-0.2, 0) is 4.74 Å². The summed E-state index contributed by atoms with van der Waals surface area (Å²) in [5.74, 6) is 1.11. The maximum Gasteiger partial charge on any atom is 0.274 e. The average molecular weight is 592 g/mol. The summed E-state index contributed by atoms with van der Waals surface area (Å²) in [5, 5.41) is 15.7. The summed E-state index contributed by atoms with van der Waals surface area (Å²) < 4.78 is 10.00. The molecule has 0 aliphatic carbocycles. The molecule has 1 atom stereocenters. The Morgan fingerprint density at radius 1 is 1.07 bits per heavy atom. The predicted octanol–water partition coefficient (Wildman–Crippen LogP) is 7.51. The van der Waals surface area contributed by atoms with Crippen LogP contribution in [0.25, 0.3) is 21.7 Å². The molecule has 1 aliphatic rings. The van der Waals surface area contributed by atoms with Gasteiger partial charge >= 0.3 is 0 Å². The highest BCUT2D eigenvalue weighted by Crippen LogP contribution is 2.45. The van der Waals surface area contributed by atoms with Gasteiger partial charge in [-0.2, -0.15) is 0 Å². The van der Waals surface area contributed by atoms with Crippen LogP contribution in [0.15, 0.2) is 78.9 Å². The smallest absolute Gasteiger partial charge is 0.274 e. The van der Waals surface area contributed by atoms with Crippen LogP contribution in [0.3, 0.4) is 0 Å². The number of nitrogens with one attached hydrogen (secondary N) is 2. The van der Waals surface area contributed by atoms with Crippen molar-refractivity contribution in [3.63, 3.8) is 0 Å². The average Bonchev–Trinajstić information content (AvgIpc) is 3.64. The number of H-pyrrole nitrogens is 1. The van der Waals surface area contributed by atoms with Crippen molar-refractivity contribution in [1.29, 1.82) is 0 Å². The van der Waals surface area contributed by atoms with Gasteiger partial charge < -0.3 is 29.8 Å². The van der Waals surface area contributed by atoms with Crippen LogP contribution < -0.4 is 15.0 Å². The van der Waals surface area contributed by atoms with E-state index in [1.165, 1.54) is 0 Å². The van der Waals surface area contributed by atoms with Gasteiger partial charge in [-0.25, -0.2) is 0 Å². The van der Waals surface area contributed by atoms with E-state index in [2.05, 4.69) is 22.4 Å². The van der Waals surface area contributed by atoms with E-state index >= 15 is 0 Å². The standard InChI is InChI=1S/C25H24ClN3O3.C5H10O.C4H8/c1-32-17-6-7-20-15(10-17)11-22(28-20)25(31)29-14-16(13-26)24-19-5-3-2-4-18(19)21(12-23(24)29)27-8-9-30;1-3-4-5-6-2;1-3-4-2/h2-7,10-12,16,27-28,30H,8-9,13-14H2,1H3;3-4H,5H2,1-2H3;3-4H,1-2H3/b;2*4-3-. The molecule has 1 amide bonds. The number of aromatic nitrogens is 1. The van der Waals surface area contributed by atoms with E-state index < -0.39 is 0 Å². The molecule has 0 spiro atoms. The van der Waals surface area contributed by atoms with Crippen molar-refractivity contribution in [1.82, 2.24) is 4.98 Å². The highest BCUT2D eigenvalue weighted by atomic mass is 35.5. The van der Waals surface area contributed by atoms with Crippen molar-refractivity contribution < 1.29 is 19.4 Å². The Kier molecular flexibility index (Phi) is 12.9. The lowest BCUT2D eigenvalue weighted by atomic mass is 9.95. The molecule has 8 heteroatoms. The Morgan fingerprint density at radius 2 is 1.81 bits per heavy atom. The minimum atomic E-state index is -0.0996. The number of methoxy groups -OCH3 is 2. The first-order valence-electron chi connectivity index (χ1n) is 14.1. The minimum absolute atomic E-state index is 0.0247. The molecule has 2 heterocycles. The largest absolute Gasteiger partial charge is 0.497 e. The summed E-state index contributed by atoms with van der Waals surface area (Å²) in [4.78, 5) is 18.7. The molecular formula is C34H42ClN3O4. The molecular weight excluding hydrogens is 550 g/mol. The molecule has 0 saturated carbocycles. The zero-order valence-corrected chi connectivity index (χ0v) is 25.9. The molecule has 1 unspecified atom stereocenters. The summed E-state index contributed by atoms with van der Waals surface area (Å²) in [6, 6.07) is 17.7. The Balaban J connectivity index is 0.000000420. The van der Waals surface area contributed by atoms with Crippen LogP contribution in [0, 0.1) is 0 Å². The highest BCUT2D eigenvalue weighted by Gasteiger charge is 2.35. The van der Waals surface area contributed by atoms with Gasteiger partial charge in [0.05, 0.1) is 26.0 Å². The monoisotopic (exact) mass is 591 g/mol. The number of aromatic amines is 1. The lowest BCUT2D eigenvalue weighted by Crippen LogP contribution is -2.30. The van der Waals surface area contributed by atoms with Crippen molar-refractivity contribution in [3.05, 3.63) is 90.2 Å². The second-order valence-electron chi connectivity index (χ2n) is 9.65. The number of carbonyl (C=O) groups excluding carboxylic acids is 1. The molecule has 0 bridgehead atoms. The van der Waals surface area contributed by atoms with Gasteiger partial charge in [0.1, 0.15) is 11.4 Å². The summed E-state index contributed by atoms with van der Waals surface area (Å²) in [7, 11) is 3.31. The van der Waals surface area contributed by atoms with Crippen LogP contribution in [0.1, 0.15) is 42.7 Å². The molecule has 4 aromatic rings. The first-order chi connectivity index (χ1) is 20.5. The first kappa shape index (κ1) is 32.7. The molecule has 0 radical (unpaired) electrons. The molecule has 1 aromatic heterocycles. The second-order valence-corrected chi connectivity index (χ2v) is 9.96. The maximum absolute atomic E-state index is 13.6. The van der Waals surface area contributed by atoms with Gasteiger partial charge in [0.15, 0.2) is 0 Å². The van der Waals surface area contributed by atoms with Crippen LogP contribution in [0.5, 0.6) is 5.75 Å². The number of rotatable bonds is 8. The molecule has 42 heavy (non-hydrogen) atoms. The fourth-order valence-corrected chi connectivity index (χ4v) is 5.04. The van der Waals surface area contributed by atoms with Gasteiger partial charge in [-0.3, -0.25) is 4.79 Å². The number of fused-ring (bicyclic) bond motifs is 4. The number of anilines is 2. The Hall–Kier alpha value is -3.78. The maximum atomic E-state index is 13.6. The summed E-state index contributed by atoms with van der Waals surface area (Å²) in [6.07, 6.45) is 7.92. The number of aliphatic hydroxyl groups excluding tert-OH is 1. The van der Waals surface area contributed by atoms with Crippen molar-refractivity contribution in [2.75, 3.05) is 56.6 Å². The van der Waals surface area contributed by atoms with Crippen LogP contribution >= 0.6 is 11.6 Å². The van der Waals surface area contributed by atoms with E-state index in [0.717, 1.165) is 51.0 Å². The van der Waals surface area contributed by atoms with Gasteiger partial charge in [-0.05, 0) is 62.1 Å². The molecule has 7 nitrogen and oxygen atoms in total. The fourth-order valence-electron chi connectivity index (χ4n) is 4.79. The SMILES string of the molecule is C/C=C\C.C/C=C\COC.COc1ccc2[nH]c(C(=O)N3CC(CCl)c4c3cc(NCCO)c3ccccc43)cc2c1. The topological polar surface area (TPSA) is 86.8 Å². The number of ether oxygens (including phenoxy) is 2. The molecule has 5 rings (SSSR count). The third-order valence-electron chi connectivity index (χ3n) is 6.92. The first-order valence-corrected chi connectivity index (χ1v) is 14.6. The second kappa shape index (κ2) is 16.6. The zero-order valence-electron chi connectivity index (χ0n) is 25.1. The summed E-state index contributed by atoms with van der Waals surface area (Å²) in [5.41, 5.74) is 4.24. The van der Waals surface area contributed by atoms with Gasteiger partial charge in [0.2, 0.25) is 0 Å². The van der Waals surface area contributed by atoms with Crippen LogP contribution in [0.2, 0.25) is 0 Å². The number of allylic oxidation sites excluding steroid dienone is 3. The van der Waals surface area contributed by atoms with Gasteiger partial charge in [-0.15, -0.1) is 11.6 Å². The zero-order chi connectivity index (χ0) is 30.5. The number of benzene rings is 3. The fraction of sp³-hybridized carbons (Fsp3) is 0.324. The van der Waals surface area contributed by atoms with E-state index in [1.54, 1.807) is 19.1 Å². The summed E-state index contributed by atoms with van der Waals surface area (Å²) in [6.45, 7) is 7.68. The number of aliphatic hydroxyl groups is 1. The third-order valence-corrected chi connectivity index (χ3v) is 7.29. The molecule has 1 aliphatic heterocycles. The van der Waals surface area contributed by atoms with E-state index in [9.17, 15) is 9.90 Å². The molecule has 224 valence electrons.